The zero-order valence-corrected chi connectivity index (χ0v) is 11.0. The second kappa shape index (κ2) is 5.87. The molecule has 0 spiro atoms. The third kappa shape index (κ3) is 3.34. The quantitative estimate of drug-likeness (QED) is 0.773. The molecule has 0 aliphatic carbocycles. The third-order valence-corrected chi connectivity index (χ3v) is 5.49. The number of nitrogens with zero attached hydrogens (tertiary/aromatic N) is 1. The van der Waals surface area contributed by atoms with Gasteiger partial charge in [0, 0.05) is 12.2 Å². The van der Waals surface area contributed by atoms with Gasteiger partial charge >= 0.3 is 4.87 Å². The maximum Gasteiger partial charge on any atom is 0.305 e. The maximum atomic E-state index is 12.3. The Labute approximate surface area is 106 Å². The number of alkyl halides is 2. The summed E-state index contributed by atoms with van der Waals surface area (Å²) in [5, 5.41) is 8.72. The van der Waals surface area contributed by atoms with E-state index < -0.39 is 41.0 Å². The predicted molar refractivity (Wildman–Crippen MR) is 61.5 cm³/mol. The Balaban J connectivity index is 3.16. The van der Waals surface area contributed by atoms with Crippen LogP contribution in [-0.4, -0.2) is 48.9 Å². The number of nitrogens with one attached hydrogen (secondary N) is 1. The van der Waals surface area contributed by atoms with Gasteiger partial charge in [0.2, 0.25) is 0 Å². The largest absolute Gasteiger partial charge is 0.395 e. The number of hydrogen-bond donors (Lipinski definition) is 2. The van der Waals surface area contributed by atoms with Crippen LogP contribution in [0.15, 0.2) is 9.00 Å². The lowest BCUT2D eigenvalue weighted by molar-refractivity contribution is 0.113. The van der Waals surface area contributed by atoms with Gasteiger partial charge in [-0.15, -0.1) is 0 Å². The Hall–Kier alpha value is -0.840. The summed E-state index contributed by atoms with van der Waals surface area (Å²) in [4.78, 5) is 12.7. The maximum absolute atomic E-state index is 12.3. The summed E-state index contributed by atoms with van der Waals surface area (Å²) in [6.07, 6.45) is -2.86. The van der Waals surface area contributed by atoms with Gasteiger partial charge in [-0.25, -0.2) is 17.2 Å². The Morgan fingerprint density at radius 3 is 2.50 bits per heavy atom. The summed E-state index contributed by atoms with van der Waals surface area (Å²) < 4.78 is 48.8. The zero-order valence-electron chi connectivity index (χ0n) is 9.39. The van der Waals surface area contributed by atoms with Gasteiger partial charge in [0.05, 0.1) is 13.2 Å². The van der Waals surface area contributed by atoms with Crippen molar-refractivity contribution in [3.05, 3.63) is 15.4 Å². The van der Waals surface area contributed by atoms with Crippen LogP contribution < -0.4 is 4.87 Å². The average molecular weight is 302 g/mol. The third-order valence-electron chi connectivity index (χ3n) is 2.05. The lowest BCUT2D eigenvalue weighted by Crippen LogP contribution is -2.37. The number of hydrogen-bond acceptors (Lipinski definition) is 5. The Morgan fingerprint density at radius 2 is 2.11 bits per heavy atom. The van der Waals surface area contributed by atoms with E-state index in [1.165, 1.54) is 6.92 Å². The molecule has 0 aliphatic heterocycles. The molecule has 18 heavy (non-hydrogen) atoms. The monoisotopic (exact) mass is 302 g/mol. The molecule has 10 heteroatoms. The molecule has 6 nitrogen and oxygen atoms in total. The highest BCUT2D eigenvalue weighted by molar-refractivity contribution is 7.91. The molecule has 0 aliphatic rings. The first kappa shape index (κ1) is 15.2. The first-order chi connectivity index (χ1) is 8.28. The van der Waals surface area contributed by atoms with Gasteiger partial charge in [0.25, 0.3) is 16.4 Å². The number of aromatic amines is 1. The van der Waals surface area contributed by atoms with E-state index in [2.05, 4.69) is 4.98 Å². The number of aryl methyl sites for hydroxylation is 1. The molecule has 0 unspecified atom stereocenters. The van der Waals surface area contributed by atoms with Crippen molar-refractivity contribution in [1.29, 1.82) is 0 Å². The second-order valence-electron chi connectivity index (χ2n) is 3.40. The summed E-state index contributed by atoms with van der Waals surface area (Å²) >= 11 is 0.435. The fraction of sp³-hybridized carbons (Fsp3) is 0.625. The fourth-order valence-corrected chi connectivity index (χ4v) is 4.17. The van der Waals surface area contributed by atoms with Gasteiger partial charge in [0.1, 0.15) is 0 Å². The summed E-state index contributed by atoms with van der Waals surface area (Å²) in [7, 11) is -4.19. The molecule has 0 fully saturated rings. The fourth-order valence-electron chi connectivity index (χ4n) is 1.33. The van der Waals surface area contributed by atoms with Crippen LogP contribution in [0.25, 0.3) is 0 Å². The van der Waals surface area contributed by atoms with Crippen molar-refractivity contribution in [2.75, 3.05) is 19.7 Å². The lowest BCUT2D eigenvalue weighted by atomic mass is 10.6. The molecule has 1 rings (SSSR count). The van der Waals surface area contributed by atoms with Crippen LogP contribution in [0, 0.1) is 6.92 Å². The number of aromatic nitrogens is 1. The lowest BCUT2D eigenvalue weighted by Gasteiger charge is -2.19. The molecular formula is C8H12F2N2O4S2. The normalized spacial score (nSPS) is 12.6. The molecular weight excluding hydrogens is 290 g/mol. The molecule has 0 bridgehead atoms. The number of halogens is 2. The van der Waals surface area contributed by atoms with Gasteiger partial charge in [-0.1, -0.05) is 11.3 Å². The number of aliphatic hydroxyl groups excluding tert-OH is 1. The standard InChI is InChI=1S/C8H12F2N2O4S2/c1-5-7(17-8(14)11-5)18(15,16)12(2-3-13)4-6(9)10/h6,13H,2-4H2,1H3,(H,11,14). The van der Waals surface area contributed by atoms with E-state index >= 15 is 0 Å². The molecule has 1 aromatic rings. The highest BCUT2D eigenvalue weighted by Crippen LogP contribution is 2.21. The first-order valence-corrected chi connectivity index (χ1v) is 7.13. The SMILES string of the molecule is Cc1[nH]c(=O)sc1S(=O)(=O)N(CCO)CC(F)F. The second-order valence-corrected chi connectivity index (χ2v) is 6.52. The minimum Gasteiger partial charge on any atom is -0.395 e. The highest BCUT2D eigenvalue weighted by atomic mass is 32.2. The number of rotatable bonds is 6. The molecule has 1 aromatic heterocycles. The van der Waals surface area contributed by atoms with E-state index in [9.17, 15) is 22.0 Å². The Morgan fingerprint density at radius 1 is 1.50 bits per heavy atom. The highest BCUT2D eigenvalue weighted by Gasteiger charge is 2.30. The molecule has 0 aromatic carbocycles. The first-order valence-electron chi connectivity index (χ1n) is 4.88. The minimum absolute atomic E-state index is 0.0993. The van der Waals surface area contributed by atoms with Gasteiger partial charge in [-0.05, 0) is 6.92 Å². The van der Waals surface area contributed by atoms with Crippen LogP contribution in [0.2, 0.25) is 0 Å². The van der Waals surface area contributed by atoms with Crippen LogP contribution in [-0.2, 0) is 10.0 Å². The number of sulfonamides is 1. The van der Waals surface area contributed by atoms with E-state index in [0.717, 1.165) is 0 Å². The van der Waals surface area contributed by atoms with E-state index in [0.29, 0.717) is 15.6 Å². The van der Waals surface area contributed by atoms with Crippen molar-refractivity contribution in [2.24, 2.45) is 0 Å². The molecule has 104 valence electrons. The van der Waals surface area contributed by atoms with Crippen molar-refractivity contribution in [1.82, 2.24) is 9.29 Å². The van der Waals surface area contributed by atoms with Crippen molar-refractivity contribution < 1.29 is 22.3 Å². The van der Waals surface area contributed by atoms with E-state index in [1.807, 2.05) is 0 Å². The summed E-state index contributed by atoms with van der Waals surface area (Å²) in [6, 6.07) is 0. The van der Waals surface area contributed by atoms with E-state index in [4.69, 9.17) is 5.11 Å². The van der Waals surface area contributed by atoms with Crippen molar-refractivity contribution in [3.8, 4) is 0 Å². The number of aliphatic hydroxyl groups is 1. The molecule has 1 heterocycles. The van der Waals surface area contributed by atoms with Crippen LogP contribution in [0.3, 0.4) is 0 Å². The van der Waals surface area contributed by atoms with Crippen molar-refractivity contribution in [2.45, 2.75) is 17.6 Å². The Bertz CT molecular complexity index is 552. The molecule has 0 saturated heterocycles. The van der Waals surface area contributed by atoms with E-state index in [-0.39, 0.29) is 9.90 Å². The van der Waals surface area contributed by atoms with Crippen molar-refractivity contribution >= 4 is 21.4 Å². The van der Waals surface area contributed by atoms with Gasteiger partial charge in [0.15, 0.2) is 4.21 Å². The van der Waals surface area contributed by atoms with Crippen molar-refractivity contribution in [3.63, 3.8) is 0 Å². The smallest absolute Gasteiger partial charge is 0.305 e. The van der Waals surface area contributed by atoms with E-state index in [1.54, 1.807) is 0 Å². The van der Waals surface area contributed by atoms with Crippen LogP contribution in [0.5, 0.6) is 0 Å². The molecule has 0 atom stereocenters. The molecule has 0 amide bonds. The van der Waals surface area contributed by atoms with Gasteiger partial charge in [-0.3, -0.25) is 4.79 Å². The summed E-state index contributed by atoms with van der Waals surface area (Å²) in [5.41, 5.74) is 0.0993. The molecule has 2 N–H and O–H groups in total. The summed E-state index contributed by atoms with van der Waals surface area (Å²) in [6.45, 7) is -0.679. The minimum atomic E-state index is -4.19. The average Bonchev–Trinajstić information content (AvgIpc) is 2.57. The number of thiazole rings is 1. The van der Waals surface area contributed by atoms with Gasteiger partial charge in [-0.2, -0.15) is 4.31 Å². The van der Waals surface area contributed by atoms with Crippen LogP contribution >= 0.6 is 11.3 Å². The van der Waals surface area contributed by atoms with Crippen LogP contribution in [0.4, 0.5) is 8.78 Å². The summed E-state index contributed by atoms with van der Waals surface area (Å²) in [5.74, 6) is 0. The zero-order chi connectivity index (χ0) is 13.9. The number of H-pyrrole nitrogens is 1. The molecule has 0 saturated carbocycles. The predicted octanol–water partition coefficient (Wildman–Crippen LogP) is -0.00708. The molecule has 0 radical (unpaired) electrons. The van der Waals surface area contributed by atoms with Gasteiger partial charge < -0.3 is 10.1 Å². The topological polar surface area (TPSA) is 90.5 Å². The Kier molecular flexibility index (Phi) is 4.96. The van der Waals surface area contributed by atoms with Crippen LogP contribution in [0.1, 0.15) is 5.69 Å².